The minimum absolute atomic E-state index is 0.139. The largest absolute Gasteiger partial charge is 0.396 e. The zero-order valence-corrected chi connectivity index (χ0v) is 11.7. The molecular weight excluding hydrogens is 244 g/mol. The number of sulfone groups is 1. The highest BCUT2D eigenvalue weighted by molar-refractivity contribution is 8.00. The number of rotatable bonds is 5. The van der Waals surface area contributed by atoms with Crippen LogP contribution in [0.1, 0.15) is 39.0 Å². The maximum atomic E-state index is 11.5. The van der Waals surface area contributed by atoms with E-state index in [-0.39, 0.29) is 11.9 Å². The van der Waals surface area contributed by atoms with Gasteiger partial charge in [0.05, 0.1) is 5.25 Å². The molecule has 0 bridgehead atoms. The second kappa shape index (κ2) is 6.26. The van der Waals surface area contributed by atoms with Crippen LogP contribution in [0.3, 0.4) is 0 Å². The molecule has 0 spiro atoms. The Morgan fingerprint density at radius 3 is 2.69 bits per heavy atom. The number of hydrogen-bond donors (Lipinski definition) is 1. The normalized spacial score (nSPS) is 28.9. The van der Waals surface area contributed by atoms with E-state index in [1.807, 2.05) is 11.8 Å². The molecule has 1 N–H and O–H groups in total. The topological polar surface area (TPSA) is 54.4 Å². The predicted octanol–water partition coefficient (Wildman–Crippen LogP) is 1.85. The number of thioether (sulfide) groups is 1. The summed E-state index contributed by atoms with van der Waals surface area (Å²) >= 11 is 1.84. The lowest BCUT2D eigenvalue weighted by atomic mass is 10.00. The summed E-state index contributed by atoms with van der Waals surface area (Å²) in [5.41, 5.74) is 0. The van der Waals surface area contributed by atoms with Crippen molar-refractivity contribution in [1.82, 2.24) is 0 Å². The minimum atomic E-state index is -2.87. The molecule has 0 aromatic rings. The van der Waals surface area contributed by atoms with Crippen LogP contribution in [0.15, 0.2) is 0 Å². The summed E-state index contributed by atoms with van der Waals surface area (Å²) in [6.45, 7) is 2.32. The van der Waals surface area contributed by atoms with Crippen LogP contribution in [0.5, 0.6) is 0 Å². The fourth-order valence-corrected chi connectivity index (χ4v) is 5.04. The molecule has 1 aliphatic rings. The molecule has 1 fully saturated rings. The third kappa shape index (κ3) is 4.63. The lowest BCUT2D eigenvalue weighted by Gasteiger charge is -2.29. The third-order valence-corrected chi connectivity index (χ3v) is 6.30. The summed E-state index contributed by atoms with van der Waals surface area (Å²) in [5.74, 6) is 0. The molecule has 0 aromatic heterocycles. The Morgan fingerprint density at radius 2 is 2.12 bits per heavy atom. The van der Waals surface area contributed by atoms with Gasteiger partial charge in [0.15, 0.2) is 0 Å². The molecular formula is C11H22O3S2. The SMILES string of the molecule is CC(CCO)SC1CCCC(S(C)(=O)=O)C1. The van der Waals surface area contributed by atoms with Crippen LogP contribution >= 0.6 is 11.8 Å². The lowest BCUT2D eigenvalue weighted by Crippen LogP contribution is -2.29. The fraction of sp³-hybridized carbons (Fsp3) is 1.00. The summed E-state index contributed by atoms with van der Waals surface area (Å²) in [7, 11) is -2.87. The summed E-state index contributed by atoms with van der Waals surface area (Å²) in [6.07, 6.45) is 5.89. The number of hydrogen-bond acceptors (Lipinski definition) is 4. The van der Waals surface area contributed by atoms with Crippen molar-refractivity contribution in [3.05, 3.63) is 0 Å². The first kappa shape index (κ1) is 14.3. The summed E-state index contributed by atoms with van der Waals surface area (Å²) in [6, 6.07) is 0. The monoisotopic (exact) mass is 266 g/mol. The van der Waals surface area contributed by atoms with Gasteiger partial charge in [-0.3, -0.25) is 0 Å². The maximum absolute atomic E-state index is 11.5. The van der Waals surface area contributed by atoms with Gasteiger partial charge in [-0.1, -0.05) is 13.3 Å². The third-order valence-electron chi connectivity index (χ3n) is 3.14. The molecule has 0 amide bonds. The predicted molar refractivity (Wildman–Crippen MR) is 69.6 cm³/mol. The van der Waals surface area contributed by atoms with Crippen molar-refractivity contribution in [2.45, 2.75) is 54.8 Å². The van der Waals surface area contributed by atoms with Crippen molar-refractivity contribution in [3.63, 3.8) is 0 Å². The number of aliphatic hydroxyl groups is 1. The van der Waals surface area contributed by atoms with E-state index in [9.17, 15) is 8.42 Å². The average Bonchev–Trinajstić information content (AvgIpc) is 2.17. The molecule has 0 aliphatic heterocycles. The molecule has 3 nitrogen and oxygen atoms in total. The van der Waals surface area contributed by atoms with Crippen LogP contribution in [-0.4, -0.2) is 42.1 Å². The Labute approximate surface area is 103 Å². The van der Waals surface area contributed by atoms with Crippen molar-refractivity contribution < 1.29 is 13.5 Å². The molecule has 3 atom stereocenters. The maximum Gasteiger partial charge on any atom is 0.150 e. The summed E-state index contributed by atoms with van der Waals surface area (Å²) < 4.78 is 23.0. The Hall–Kier alpha value is 0.260. The van der Waals surface area contributed by atoms with Gasteiger partial charge >= 0.3 is 0 Å². The first-order valence-corrected chi connectivity index (χ1v) is 8.78. The van der Waals surface area contributed by atoms with Crippen molar-refractivity contribution in [2.75, 3.05) is 12.9 Å². The van der Waals surface area contributed by atoms with Gasteiger partial charge < -0.3 is 5.11 Å². The second-order valence-electron chi connectivity index (χ2n) is 4.70. The molecule has 96 valence electrons. The second-order valence-corrected chi connectivity index (χ2v) is 8.77. The van der Waals surface area contributed by atoms with Crippen LogP contribution in [0.25, 0.3) is 0 Å². The molecule has 0 radical (unpaired) electrons. The van der Waals surface area contributed by atoms with E-state index in [1.165, 1.54) is 6.26 Å². The fourth-order valence-electron chi connectivity index (χ4n) is 2.19. The van der Waals surface area contributed by atoms with Gasteiger partial charge in [0.1, 0.15) is 9.84 Å². The molecule has 1 aliphatic carbocycles. The van der Waals surface area contributed by atoms with Crippen molar-refractivity contribution in [3.8, 4) is 0 Å². The Kier molecular flexibility index (Phi) is 5.61. The van der Waals surface area contributed by atoms with E-state index in [1.54, 1.807) is 0 Å². The number of aliphatic hydroxyl groups excluding tert-OH is 1. The van der Waals surface area contributed by atoms with Crippen LogP contribution in [0, 0.1) is 0 Å². The molecule has 0 aromatic carbocycles. The van der Waals surface area contributed by atoms with E-state index in [0.29, 0.717) is 10.5 Å². The lowest BCUT2D eigenvalue weighted by molar-refractivity contribution is 0.288. The molecule has 0 heterocycles. The van der Waals surface area contributed by atoms with E-state index >= 15 is 0 Å². The van der Waals surface area contributed by atoms with E-state index in [0.717, 1.165) is 32.1 Å². The quantitative estimate of drug-likeness (QED) is 0.825. The highest BCUT2D eigenvalue weighted by Gasteiger charge is 2.29. The summed E-state index contributed by atoms with van der Waals surface area (Å²) in [5, 5.41) is 9.58. The highest BCUT2D eigenvalue weighted by atomic mass is 32.2. The van der Waals surface area contributed by atoms with Crippen LogP contribution in [0.2, 0.25) is 0 Å². The smallest absolute Gasteiger partial charge is 0.150 e. The van der Waals surface area contributed by atoms with E-state index in [4.69, 9.17) is 5.11 Å². The molecule has 5 heteroatoms. The first-order valence-electron chi connectivity index (χ1n) is 5.88. The van der Waals surface area contributed by atoms with Gasteiger partial charge in [0.25, 0.3) is 0 Å². The summed E-state index contributed by atoms with van der Waals surface area (Å²) in [4.78, 5) is 0. The first-order chi connectivity index (χ1) is 7.43. The van der Waals surface area contributed by atoms with E-state index < -0.39 is 9.84 Å². The van der Waals surface area contributed by atoms with Gasteiger partial charge in [-0.15, -0.1) is 0 Å². The molecule has 1 saturated carbocycles. The van der Waals surface area contributed by atoms with Crippen molar-refractivity contribution in [2.24, 2.45) is 0 Å². The zero-order valence-electron chi connectivity index (χ0n) is 10.1. The zero-order chi connectivity index (χ0) is 12.2. The molecule has 1 rings (SSSR count). The minimum Gasteiger partial charge on any atom is -0.396 e. The molecule has 16 heavy (non-hydrogen) atoms. The van der Waals surface area contributed by atoms with Gasteiger partial charge in [0, 0.05) is 23.4 Å². The van der Waals surface area contributed by atoms with Gasteiger partial charge in [-0.25, -0.2) is 8.42 Å². The Bertz CT molecular complexity index is 300. The van der Waals surface area contributed by atoms with Gasteiger partial charge in [0.2, 0.25) is 0 Å². The van der Waals surface area contributed by atoms with Crippen LogP contribution in [-0.2, 0) is 9.84 Å². The van der Waals surface area contributed by atoms with Gasteiger partial charge in [-0.2, -0.15) is 11.8 Å². The van der Waals surface area contributed by atoms with Gasteiger partial charge in [-0.05, 0) is 25.7 Å². The molecule has 3 unspecified atom stereocenters. The van der Waals surface area contributed by atoms with Crippen molar-refractivity contribution in [1.29, 1.82) is 0 Å². The highest BCUT2D eigenvalue weighted by Crippen LogP contribution is 2.34. The van der Waals surface area contributed by atoms with E-state index in [2.05, 4.69) is 6.92 Å². The molecule has 0 saturated heterocycles. The Balaban J connectivity index is 2.45. The Morgan fingerprint density at radius 1 is 1.44 bits per heavy atom. The standard InChI is InChI=1S/C11H22O3S2/c1-9(6-7-12)15-10-4-3-5-11(8-10)16(2,13)14/h9-12H,3-8H2,1-2H3. The average molecular weight is 266 g/mol. The van der Waals surface area contributed by atoms with Crippen LogP contribution in [0.4, 0.5) is 0 Å². The van der Waals surface area contributed by atoms with Crippen molar-refractivity contribution >= 4 is 21.6 Å². The van der Waals surface area contributed by atoms with Crippen LogP contribution < -0.4 is 0 Å².